The van der Waals surface area contributed by atoms with Crippen molar-refractivity contribution in [2.75, 3.05) is 13.1 Å². The smallest absolute Gasteiger partial charge is 0.231 e. The highest BCUT2D eigenvalue weighted by Gasteiger charge is 2.31. The minimum Gasteiger partial charge on any atom is -0.348 e. The normalized spacial score (nSPS) is 16.7. The highest BCUT2D eigenvalue weighted by molar-refractivity contribution is 7.18. The van der Waals surface area contributed by atoms with Gasteiger partial charge in [0.05, 0.1) is 26.8 Å². The summed E-state index contributed by atoms with van der Waals surface area (Å²) < 4.78 is 8.63. The number of para-hydroxylation sites is 1. The number of thiazole rings is 1. The molecule has 1 saturated heterocycles. The van der Waals surface area contributed by atoms with Crippen LogP contribution in [0.15, 0.2) is 47.1 Å². The van der Waals surface area contributed by atoms with Crippen molar-refractivity contribution in [2.45, 2.75) is 25.2 Å². The van der Waals surface area contributed by atoms with Crippen LogP contribution in [0.4, 0.5) is 0 Å². The molecule has 0 spiro atoms. The average molecular weight is 407 g/mol. The van der Waals surface area contributed by atoms with Gasteiger partial charge in [0.2, 0.25) is 17.6 Å². The van der Waals surface area contributed by atoms with E-state index in [1.807, 2.05) is 53.0 Å². The van der Waals surface area contributed by atoms with Crippen molar-refractivity contribution in [2.24, 2.45) is 7.05 Å². The Bertz CT molecular complexity index is 1130. The summed E-state index contributed by atoms with van der Waals surface area (Å²) in [6.07, 6.45) is 3.96. The van der Waals surface area contributed by atoms with E-state index in [2.05, 4.69) is 21.2 Å². The third kappa shape index (κ3) is 3.55. The lowest BCUT2D eigenvalue weighted by atomic mass is 10.1. The average Bonchev–Trinajstić information content (AvgIpc) is 3.50. The van der Waals surface area contributed by atoms with Gasteiger partial charge in [0.25, 0.3) is 0 Å². The van der Waals surface area contributed by atoms with Crippen LogP contribution in [0.3, 0.4) is 0 Å². The number of benzene rings is 1. The first-order valence-electron chi connectivity index (χ1n) is 9.75. The van der Waals surface area contributed by atoms with Crippen LogP contribution in [0.1, 0.15) is 29.7 Å². The van der Waals surface area contributed by atoms with Gasteiger partial charge in [-0.3, -0.25) is 4.79 Å². The van der Waals surface area contributed by atoms with Crippen LogP contribution >= 0.6 is 11.3 Å². The molecule has 4 heterocycles. The summed E-state index contributed by atoms with van der Waals surface area (Å²) in [6.45, 7) is 1.36. The number of rotatable bonds is 5. The van der Waals surface area contributed by atoms with Crippen LogP contribution < -0.4 is 0 Å². The third-order valence-electron chi connectivity index (χ3n) is 5.40. The highest BCUT2D eigenvalue weighted by Crippen LogP contribution is 2.29. The van der Waals surface area contributed by atoms with Crippen LogP contribution in [0, 0.1) is 0 Å². The Labute approximate surface area is 172 Å². The summed E-state index contributed by atoms with van der Waals surface area (Å²) in [6, 6.07) is 12.0. The van der Waals surface area contributed by atoms with E-state index in [4.69, 9.17) is 4.52 Å². The zero-order chi connectivity index (χ0) is 19.8. The van der Waals surface area contributed by atoms with Crippen LogP contribution in [-0.4, -0.2) is 43.6 Å². The first kappa shape index (κ1) is 18.1. The maximum Gasteiger partial charge on any atom is 0.231 e. The molecule has 3 aromatic heterocycles. The minimum atomic E-state index is 0.0999. The first-order valence-corrected chi connectivity index (χ1v) is 10.6. The van der Waals surface area contributed by atoms with Gasteiger partial charge < -0.3 is 14.0 Å². The molecular weight excluding hydrogens is 386 g/mol. The van der Waals surface area contributed by atoms with E-state index in [-0.39, 0.29) is 11.8 Å². The summed E-state index contributed by atoms with van der Waals surface area (Å²) in [5.41, 5.74) is 1.92. The van der Waals surface area contributed by atoms with Gasteiger partial charge in [-0.25, -0.2) is 4.98 Å². The standard InChI is InChI=1S/C21H21N5O2S/c1-25-11-4-6-16(25)20-23-21(28-24-20)14-10-12-26(13-14)19(27)9-8-18-22-15-5-2-3-7-17(15)29-18/h2-7,11,14H,8-10,12-13H2,1H3. The third-order valence-corrected chi connectivity index (χ3v) is 6.49. The second kappa shape index (κ2) is 7.44. The maximum absolute atomic E-state index is 12.7. The number of hydrogen-bond donors (Lipinski definition) is 0. The molecule has 0 bridgehead atoms. The summed E-state index contributed by atoms with van der Waals surface area (Å²) in [5.74, 6) is 1.47. The van der Waals surface area contributed by atoms with Gasteiger partial charge in [-0.05, 0) is 30.7 Å². The molecule has 0 aliphatic carbocycles. The van der Waals surface area contributed by atoms with Gasteiger partial charge in [0.15, 0.2) is 0 Å². The molecule has 1 fully saturated rings. The van der Waals surface area contributed by atoms with Gasteiger partial charge in [0.1, 0.15) is 0 Å². The molecule has 5 rings (SSSR count). The number of carbonyl (C=O) groups excluding carboxylic acids is 1. The number of fused-ring (bicyclic) bond motifs is 1. The molecule has 4 aromatic rings. The molecule has 8 heteroatoms. The van der Waals surface area contributed by atoms with E-state index in [1.165, 1.54) is 4.70 Å². The second-order valence-corrected chi connectivity index (χ2v) is 8.48. The van der Waals surface area contributed by atoms with E-state index >= 15 is 0 Å². The Morgan fingerprint density at radius 1 is 1.24 bits per heavy atom. The Hall–Kier alpha value is -3.00. The number of amides is 1. The molecule has 1 unspecified atom stereocenters. The number of aromatic nitrogens is 4. The second-order valence-electron chi connectivity index (χ2n) is 7.36. The van der Waals surface area contributed by atoms with E-state index < -0.39 is 0 Å². The number of nitrogens with zero attached hydrogens (tertiary/aromatic N) is 5. The Morgan fingerprint density at radius 3 is 2.97 bits per heavy atom. The maximum atomic E-state index is 12.7. The van der Waals surface area contributed by atoms with E-state index in [0.29, 0.717) is 31.1 Å². The summed E-state index contributed by atoms with van der Waals surface area (Å²) in [4.78, 5) is 23.8. The van der Waals surface area contributed by atoms with Crippen molar-refractivity contribution in [3.05, 3.63) is 53.5 Å². The molecule has 0 N–H and O–H groups in total. The van der Waals surface area contributed by atoms with E-state index in [1.54, 1.807) is 11.3 Å². The zero-order valence-corrected chi connectivity index (χ0v) is 16.9. The Kier molecular flexibility index (Phi) is 4.63. The molecule has 7 nitrogen and oxygen atoms in total. The molecule has 1 amide bonds. The van der Waals surface area contributed by atoms with Crippen LogP contribution in [0.25, 0.3) is 21.7 Å². The fourth-order valence-corrected chi connectivity index (χ4v) is 4.75. The van der Waals surface area contributed by atoms with Crippen LogP contribution in [-0.2, 0) is 18.3 Å². The highest BCUT2D eigenvalue weighted by atomic mass is 32.1. The summed E-state index contributed by atoms with van der Waals surface area (Å²) in [7, 11) is 1.95. The van der Waals surface area contributed by atoms with Crippen molar-refractivity contribution in [1.29, 1.82) is 0 Å². The molecule has 148 valence electrons. The monoisotopic (exact) mass is 407 g/mol. The SMILES string of the molecule is Cn1cccc1-c1noc(C2CCN(C(=O)CCc3nc4ccccc4s3)C2)n1. The van der Waals surface area contributed by atoms with E-state index in [0.717, 1.165) is 29.2 Å². The van der Waals surface area contributed by atoms with Gasteiger partial charge in [-0.1, -0.05) is 17.3 Å². The van der Waals surface area contributed by atoms with Crippen LogP contribution in [0.2, 0.25) is 0 Å². The lowest BCUT2D eigenvalue weighted by Gasteiger charge is -2.15. The molecule has 0 saturated carbocycles. The van der Waals surface area contributed by atoms with Crippen molar-refractivity contribution in [3.63, 3.8) is 0 Å². The predicted molar refractivity (Wildman–Crippen MR) is 111 cm³/mol. The number of likely N-dealkylation sites (tertiary alicyclic amines) is 1. The number of carbonyl (C=O) groups is 1. The Balaban J connectivity index is 1.20. The summed E-state index contributed by atoms with van der Waals surface area (Å²) in [5, 5.41) is 5.13. The summed E-state index contributed by atoms with van der Waals surface area (Å²) >= 11 is 1.66. The zero-order valence-electron chi connectivity index (χ0n) is 16.1. The molecule has 1 aromatic carbocycles. The van der Waals surface area contributed by atoms with Crippen molar-refractivity contribution in [1.82, 2.24) is 24.6 Å². The van der Waals surface area contributed by atoms with Crippen molar-refractivity contribution < 1.29 is 9.32 Å². The van der Waals surface area contributed by atoms with E-state index in [9.17, 15) is 4.79 Å². The lowest BCUT2D eigenvalue weighted by Crippen LogP contribution is -2.28. The van der Waals surface area contributed by atoms with Gasteiger partial charge in [-0.15, -0.1) is 11.3 Å². The topological polar surface area (TPSA) is 77.0 Å². The quantitative estimate of drug-likeness (QED) is 0.505. The number of hydrogen-bond acceptors (Lipinski definition) is 6. The van der Waals surface area contributed by atoms with Gasteiger partial charge in [-0.2, -0.15) is 4.98 Å². The lowest BCUT2D eigenvalue weighted by molar-refractivity contribution is -0.130. The van der Waals surface area contributed by atoms with Gasteiger partial charge >= 0.3 is 0 Å². The van der Waals surface area contributed by atoms with Crippen molar-refractivity contribution >= 4 is 27.5 Å². The Morgan fingerprint density at radius 2 is 2.14 bits per heavy atom. The molecular formula is C21H21N5O2S. The van der Waals surface area contributed by atoms with Gasteiger partial charge in [0, 0.05) is 39.2 Å². The molecule has 1 aliphatic heterocycles. The molecule has 0 radical (unpaired) electrons. The molecule has 1 aliphatic rings. The fourth-order valence-electron chi connectivity index (χ4n) is 3.79. The number of aryl methyl sites for hydroxylation is 2. The fraction of sp³-hybridized carbons (Fsp3) is 0.333. The molecule has 1 atom stereocenters. The molecule has 29 heavy (non-hydrogen) atoms. The van der Waals surface area contributed by atoms with Crippen molar-refractivity contribution in [3.8, 4) is 11.5 Å². The first-order chi connectivity index (χ1) is 14.2. The predicted octanol–water partition coefficient (Wildman–Crippen LogP) is 3.63. The largest absolute Gasteiger partial charge is 0.348 e. The minimum absolute atomic E-state index is 0.0999. The van der Waals surface area contributed by atoms with Crippen LogP contribution in [0.5, 0.6) is 0 Å².